The lowest BCUT2D eigenvalue weighted by Gasteiger charge is -2.06. The number of aromatic hydroxyl groups is 1. The maximum Gasteiger partial charge on any atom is 0.338 e. The van der Waals surface area contributed by atoms with Crippen LogP contribution in [0, 0.1) is 3.57 Å². The zero-order valence-electron chi connectivity index (χ0n) is 11.3. The molecule has 0 saturated carbocycles. The molecule has 0 aliphatic carbocycles. The number of carbonyl (C=O) groups is 1. The number of hydrogen-bond acceptors (Lipinski definition) is 3. The summed E-state index contributed by atoms with van der Waals surface area (Å²) in [4.78, 5) is 11.7. The molecule has 0 atom stereocenters. The standard InChI is InChI=1S/C15H21IO3/c1-2-3-4-5-6-7-10-19-15(18)12-8-9-14(17)13(16)11-12/h8-9,11,17H,2-7,10H2,1H3. The smallest absolute Gasteiger partial charge is 0.338 e. The monoisotopic (exact) mass is 376 g/mol. The van der Waals surface area contributed by atoms with E-state index >= 15 is 0 Å². The first kappa shape index (κ1) is 16.3. The first-order chi connectivity index (χ1) is 9.15. The fourth-order valence-electron chi connectivity index (χ4n) is 1.76. The van der Waals surface area contributed by atoms with Crippen molar-refractivity contribution in [2.75, 3.05) is 6.61 Å². The van der Waals surface area contributed by atoms with E-state index in [-0.39, 0.29) is 11.7 Å². The normalized spacial score (nSPS) is 10.4. The van der Waals surface area contributed by atoms with E-state index < -0.39 is 0 Å². The highest BCUT2D eigenvalue weighted by Gasteiger charge is 2.09. The molecule has 106 valence electrons. The predicted molar refractivity (Wildman–Crippen MR) is 84.5 cm³/mol. The fourth-order valence-corrected chi connectivity index (χ4v) is 2.28. The van der Waals surface area contributed by atoms with Crippen molar-refractivity contribution in [3.8, 4) is 5.75 Å². The average molecular weight is 376 g/mol. The molecule has 0 unspecified atom stereocenters. The van der Waals surface area contributed by atoms with Crippen LogP contribution in [-0.4, -0.2) is 17.7 Å². The predicted octanol–water partition coefficient (Wildman–Crippen LogP) is 4.51. The molecule has 0 fully saturated rings. The van der Waals surface area contributed by atoms with Gasteiger partial charge in [-0.15, -0.1) is 0 Å². The van der Waals surface area contributed by atoms with Gasteiger partial charge in [0.25, 0.3) is 0 Å². The summed E-state index contributed by atoms with van der Waals surface area (Å²) < 4.78 is 5.86. The summed E-state index contributed by atoms with van der Waals surface area (Å²) in [5, 5.41) is 9.38. The number of benzene rings is 1. The van der Waals surface area contributed by atoms with Crippen LogP contribution in [0.3, 0.4) is 0 Å². The summed E-state index contributed by atoms with van der Waals surface area (Å²) >= 11 is 1.99. The first-order valence-corrected chi connectivity index (χ1v) is 7.88. The van der Waals surface area contributed by atoms with Crippen LogP contribution in [0.2, 0.25) is 0 Å². The van der Waals surface area contributed by atoms with Crippen molar-refractivity contribution < 1.29 is 14.6 Å². The highest BCUT2D eigenvalue weighted by molar-refractivity contribution is 14.1. The third-order valence-electron chi connectivity index (χ3n) is 2.91. The minimum absolute atomic E-state index is 0.188. The van der Waals surface area contributed by atoms with Gasteiger partial charge in [0.1, 0.15) is 5.75 Å². The molecule has 0 radical (unpaired) electrons. The Hall–Kier alpha value is -0.780. The molecule has 0 amide bonds. The molecule has 0 heterocycles. The van der Waals surface area contributed by atoms with Crippen molar-refractivity contribution in [3.05, 3.63) is 27.3 Å². The van der Waals surface area contributed by atoms with Crippen molar-refractivity contribution in [2.45, 2.75) is 45.4 Å². The minimum atomic E-state index is -0.313. The van der Waals surface area contributed by atoms with Crippen LogP contribution >= 0.6 is 22.6 Å². The number of hydrogen-bond donors (Lipinski definition) is 1. The molecule has 4 heteroatoms. The third-order valence-corrected chi connectivity index (χ3v) is 3.78. The number of halogens is 1. The molecule has 3 nitrogen and oxygen atoms in total. The molecule has 1 aromatic rings. The van der Waals surface area contributed by atoms with Gasteiger partial charge in [-0.3, -0.25) is 0 Å². The van der Waals surface area contributed by atoms with Gasteiger partial charge < -0.3 is 9.84 Å². The van der Waals surface area contributed by atoms with Crippen molar-refractivity contribution in [2.24, 2.45) is 0 Å². The number of ether oxygens (including phenoxy) is 1. The van der Waals surface area contributed by atoms with Crippen molar-refractivity contribution in [3.63, 3.8) is 0 Å². The second-order valence-electron chi connectivity index (χ2n) is 4.57. The number of unbranched alkanes of at least 4 members (excludes halogenated alkanes) is 5. The lowest BCUT2D eigenvalue weighted by atomic mass is 10.1. The number of phenolic OH excluding ortho intramolecular Hbond substituents is 1. The summed E-state index contributed by atoms with van der Waals surface area (Å²) in [6.45, 7) is 2.67. The van der Waals surface area contributed by atoms with E-state index in [0.29, 0.717) is 15.7 Å². The van der Waals surface area contributed by atoms with Crippen LogP contribution in [0.15, 0.2) is 18.2 Å². The molecule has 19 heavy (non-hydrogen) atoms. The zero-order valence-corrected chi connectivity index (χ0v) is 13.5. The molecular formula is C15H21IO3. The van der Waals surface area contributed by atoms with Gasteiger partial charge in [0, 0.05) is 0 Å². The maximum atomic E-state index is 11.7. The Morgan fingerprint density at radius 1 is 1.21 bits per heavy atom. The van der Waals surface area contributed by atoms with E-state index in [1.54, 1.807) is 12.1 Å². The SMILES string of the molecule is CCCCCCCCOC(=O)c1ccc(O)c(I)c1. The van der Waals surface area contributed by atoms with Gasteiger partial charge in [-0.2, -0.15) is 0 Å². The minimum Gasteiger partial charge on any atom is -0.507 e. The Kier molecular flexibility index (Phi) is 7.86. The average Bonchev–Trinajstić information content (AvgIpc) is 2.40. The molecule has 0 aromatic heterocycles. The van der Waals surface area contributed by atoms with Gasteiger partial charge in [0.15, 0.2) is 0 Å². The number of carbonyl (C=O) groups excluding carboxylic acids is 1. The van der Waals surface area contributed by atoms with Crippen LogP contribution in [-0.2, 0) is 4.74 Å². The molecule has 0 spiro atoms. The Morgan fingerprint density at radius 2 is 1.89 bits per heavy atom. The van der Waals surface area contributed by atoms with Gasteiger partial charge in [-0.1, -0.05) is 39.0 Å². The lowest BCUT2D eigenvalue weighted by molar-refractivity contribution is 0.0497. The number of phenols is 1. The second-order valence-corrected chi connectivity index (χ2v) is 5.73. The van der Waals surface area contributed by atoms with E-state index in [4.69, 9.17) is 4.74 Å². The molecule has 1 N–H and O–H groups in total. The van der Waals surface area contributed by atoms with Gasteiger partial charge in [0.05, 0.1) is 15.7 Å². The Morgan fingerprint density at radius 3 is 2.58 bits per heavy atom. The van der Waals surface area contributed by atoms with Crippen molar-refractivity contribution in [1.82, 2.24) is 0 Å². The molecule has 1 aromatic carbocycles. The van der Waals surface area contributed by atoms with Crippen molar-refractivity contribution >= 4 is 28.6 Å². The molecular weight excluding hydrogens is 355 g/mol. The summed E-state index contributed by atoms with van der Waals surface area (Å²) in [7, 11) is 0. The van der Waals surface area contributed by atoms with E-state index in [9.17, 15) is 9.90 Å². The second kappa shape index (κ2) is 9.18. The molecule has 1 rings (SSSR count). The van der Waals surface area contributed by atoms with Crippen LogP contribution < -0.4 is 0 Å². The lowest BCUT2D eigenvalue weighted by Crippen LogP contribution is -2.06. The Labute approximate surface area is 128 Å². The highest BCUT2D eigenvalue weighted by atomic mass is 127. The fraction of sp³-hybridized carbons (Fsp3) is 0.533. The zero-order chi connectivity index (χ0) is 14.1. The van der Waals surface area contributed by atoms with Gasteiger partial charge >= 0.3 is 5.97 Å². The summed E-state index contributed by atoms with van der Waals surface area (Å²) in [5.41, 5.74) is 0.494. The first-order valence-electron chi connectivity index (χ1n) is 6.80. The molecule has 0 saturated heterocycles. The largest absolute Gasteiger partial charge is 0.507 e. The van der Waals surface area contributed by atoms with Crippen LogP contribution in [0.5, 0.6) is 5.75 Å². The molecule has 0 aliphatic heterocycles. The quantitative estimate of drug-likeness (QED) is 0.413. The molecule has 0 bridgehead atoms. The van der Waals surface area contributed by atoms with Crippen molar-refractivity contribution in [1.29, 1.82) is 0 Å². The Bertz CT molecular complexity index is 404. The van der Waals surface area contributed by atoms with E-state index in [1.165, 1.54) is 31.7 Å². The number of esters is 1. The van der Waals surface area contributed by atoms with E-state index in [2.05, 4.69) is 6.92 Å². The van der Waals surface area contributed by atoms with Crippen LogP contribution in [0.4, 0.5) is 0 Å². The summed E-state index contributed by atoms with van der Waals surface area (Å²) in [6, 6.07) is 4.74. The van der Waals surface area contributed by atoms with E-state index in [0.717, 1.165) is 12.8 Å². The van der Waals surface area contributed by atoms with Crippen LogP contribution in [0.1, 0.15) is 55.8 Å². The topological polar surface area (TPSA) is 46.5 Å². The van der Waals surface area contributed by atoms with E-state index in [1.807, 2.05) is 22.6 Å². The van der Waals surface area contributed by atoms with Gasteiger partial charge in [-0.25, -0.2) is 4.79 Å². The summed E-state index contributed by atoms with van der Waals surface area (Å²) in [6.07, 6.45) is 7.04. The molecule has 0 aliphatic rings. The number of rotatable bonds is 8. The summed E-state index contributed by atoms with van der Waals surface area (Å²) in [5.74, 6) is -0.125. The maximum absolute atomic E-state index is 11.7. The van der Waals surface area contributed by atoms with Gasteiger partial charge in [-0.05, 0) is 47.2 Å². The third kappa shape index (κ3) is 6.27. The van der Waals surface area contributed by atoms with Gasteiger partial charge in [0.2, 0.25) is 0 Å². The van der Waals surface area contributed by atoms with Crippen LogP contribution in [0.25, 0.3) is 0 Å². The highest BCUT2D eigenvalue weighted by Crippen LogP contribution is 2.20. The Balaban J connectivity index is 2.22.